The third-order valence-corrected chi connectivity index (χ3v) is 4.65. The molecule has 0 radical (unpaired) electrons. The van der Waals surface area contributed by atoms with Gasteiger partial charge in [-0.05, 0) is 25.7 Å². The van der Waals surface area contributed by atoms with Crippen molar-refractivity contribution in [1.82, 2.24) is 0 Å². The van der Waals surface area contributed by atoms with E-state index in [-0.39, 0.29) is 38.0 Å². The number of esters is 2. The number of hydrogen-bond acceptors (Lipinski definition) is 6. The fourth-order valence-corrected chi connectivity index (χ4v) is 2.96. The third-order valence-electron chi connectivity index (χ3n) is 4.65. The van der Waals surface area contributed by atoms with E-state index in [2.05, 4.69) is 0 Å². The number of carboxylic acids is 2. The van der Waals surface area contributed by atoms with Gasteiger partial charge in [-0.15, -0.1) is 0 Å². The average molecular weight is 431 g/mol. The Bertz CT molecular complexity index is 446. The van der Waals surface area contributed by atoms with Crippen LogP contribution in [-0.4, -0.2) is 47.3 Å². The zero-order valence-corrected chi connectivity index (χ0v) is 18.1. The Morgan fingerprint density at radius 3 is 1.00 bits per heavy atom. The molecule has 174 valence electrons. The predicted molar refractivity (Wildman–Crippen MR) is 111 cm³/mol. The number of carbonyl (C=O) groups excluding carboxylic acids is 2. The highest BCUT2D eigenvalue weighted by atomic mass is 16.6. The molecular weight excluding hydrogens is 392 g/mol. The fraction of sp³-hybridized carbons (Fsp3) is 0.818. The Hall–Kier alpha value is -2.12. The molecule has 8 nitrogen and oxygen atoms in total. The first-order chi connectivity index (χ1) is 14.4. The second-order valence-corrected chi connectivity index (χ2v) is 7.47. The third kappa shape index (κ3) is 22.2. The molecule has 0 rings (SSSR count). The number of ether oxygens (including phenoxy) is 2. The lowest BCUT2D eigenvalue weighted by Gasteiger charge is -2.07. The van der Waals surface area contributed by atoms with Crippen molar-refractivity contribution in [3.63, 3.8) is 0 Å². The van der Waals surface area contributed by atoms with Crippen LogP contribution in [0.1, 0.15) is 103 Å². The highest BCUT2D eigenvalue weighted by molar-refractivity contribution is 5.70. The minimum atomic E-state index is -0.759. The Labute approximate surface area is 179 Å². The van der Waals surface area contributed by atoms with Gasteiger partial charge in [-0.1, -0.05) is 51.4 Å². The van der Waals surface area contributed by atoms with Gasteiger partial charge in [-0.2, -0.15) is 0 Å². The summed E-state index contributed by atoms with van der Waals surface area (Å²) in [5.74, 6) is -2.10. The van der Waals surface area contributed by atoms with Crippen molar-refractivity contribution >= 4 is 23.9 Å². The SMILES string of the molecule is O=C(O)CCCCCCCCC(=O)OCCOC(=O)CCCCCCCCC(=O)O. The van der Waals surface area contributed by atoms with Crippen LogP contribution in [0.25, 0.3) is 0 Å². The van der Waals surface area contributed by atoms with Crippen LogP contribution >= 0.6 is 0 Å². The number of hydrogen-bond donors (Lipinski definition) is 2. The van der Waals surface area contributed by atoms with E-state index < -0.39 is 11.9 Å². The molecule has 0 aliphatic carbocycles. The number of aliphatic carboxylic acids is 2. The molecule has 0 aliphatic rings. The van der Waals surface area contributed by atoms with Crippen LogP contribution in [0.4, 0.5) is 0 Å². The molecule has 30 heavy (non-hydrogen) atoms. The van der Waals surface area contributed by atoms with Gasteiger partial charge in [0, 0.05) is 25.7 Å². The second-order valence-electron chi connectivity index (χ2n) is 7.47. The normalized spacial score (nSPS) is 10.5. The monoisotopic (exact) mass is 430 g/mol. The van der Waals surface area contributed by atoms with Gasteiger partial charge in [0.05, 0.1) is 0 Å². The van der Waals surface area contributed by atoms with Gasteiger partial charge in [-0.25, -0.2) is 0 Å². The summed E-state index contributed by atoms with van der Waals surface area (Å²) in [5.41, 5.74) is 0. The van der Waals surface area contributed by atoms with Crippen molar-refractivity contribution in [2.24, 2.45) is 0 Å². The highest BCUT2D eigenvalue weighted by Crippen LogP contribution is 2.10. The van der Waals surface area contributed by atoms with E-state index in [1.807, 2.05) is 0 Å². The van der Waals surface area contributed by atoms with E-state index >= 15 is 0 Å². The lowest BCUT2D eigenvalue weighted by molar-refractivity contribution is -0.152. The molecule has 0 aliphatic heterocycles. The molecule has 0 bridgehead atoms. The predicted octanol–water partition coefficient (Wildman–Crippen LogP) is 4.48. The summed E-state index contributed by atoms with van der Waals surface area (Å²) >= 11 is 0. The lowest BCUT2D eigenvalue weighted by Crippen LogP contribution is -2.13. The molecule has 0 spiro atoms. The minimum Gasteiger partial charge on any atom is -0.481 e. The Morgan fingerprint density at radius 2 is 0.700 bits per heavy atom. The van der Waals surface area contributed by atoms with Gasteiger partial charge in [0.25, 0.3) is 0 Å². The fourth-order valence-electron chi connectivity index (χ4n) is 2.96. The number of carboxylic acid groups (broad SMARTS) is 2. The van der Waals surface area contributed by atoms with E-state index in [9.17, 15) is 19.2 Å². The van der Waals surface area contributed by atoms with E-state index in [0.717, 1.165) is 64.2 Å². The number of rotatable bonds is 21. The van der Waals surface area contributed by atoms with Crippen molar-refractivity contribution in [3.05, 3.63) is 0 Å². The summed E-state index contributed by atoms with van der Waals surface area (Å²) in [7, 11) is 0. The lowest BCUT2D eigenvalue weighted by atomic mass is 10.1. The van der Waals surface area contributed by atoms with Crippen molar-refractivity contribution in [2.45, 2.75) is 103 Å². The van der Waals surface area contributed by atoms with Crippen LogP contribution in [0.2, 0.25) is 0 Å². The molecule has 0 atom stereocenters. The van der Waals surface area contributed by atoms with E-state index in [1.165, 1.54) is 0 Å². The molecule has 0 aromatic rings. The molecule has 8 heteroatoms. The standard InChI is InChI=1S/C22H38O8/c23-19(24)13-9-5-1-3-7-11-15-21(27)29-17-18-30-22(28)16-12-8-4-2-6-10-14-20(25)26/h1-18H2,(H,23,24)(H,25,26). The Balaban J connectivity index is 3.35. The molecule has 0 amide bonds. The number of unbranched alkanes of at least 4 members (excludes halogenated alkanes) is 10. The van der Waals surface area contributed by atoms with Crippen LogP contribution in [0.5, 0.6) is 0 Å². The molecule has 2 N–H and O–H groups in total. The maximum Gasteiger partial charge on any atom is 0.305 e. The molecule has 0 fully saturated rings. The van der Waals surface area contributed by atoms with E-state index in [4.69, 9.17) is 19.7 Å². The molecule has 0 aromatic heterocycles. The molecule has 0 saturated heterocycles. The molecule has 0 aromatic carbocycles. The first-order valence-electron chi connectivity index (χ1n) is 11.2. The first kappa shape index (κ1) is 27.9. The summed E-state index contributed by atoms with van der Waals surface area (Å²) in [6, 6.07) is 0. The molecule has 0 unspecified atom stereocenters. The van der Waals surface area contributed by atoms with Crippen LogP contribution in [0.15, 0.2) is 0 Å². The topological polar surface area (TPSA) is 127 Å². The first-order valence-corrected chi connectivity index (χ1v) is 11.2. The van der Waals surface area contributed by atoms with Crippen LogP contribution in [0, 0.1) is 0 Å². The summed E-state index contributed by atoms with van der Waals surface area (Å²) in [6.07, 6.45) is 11.5. The minimum absolute atomic E-state index is 0.0728. The highest BCUT2D eigenvalue weighted by Gasteiger charge is 2.06. The maximum atomic E-state index is 11.6. The Kier molecular flexibility index (Phi) is 18.7. The van der Waals surface area contributed by atoms with E-state index in [0.29, 0.717) is 25.7 Å². The molecular formula is C22H38O8. The van der Waals surface area contributed by atoms with Gasteiger partial charge in [-0.3, -0.25) is 19.2 Å². The van der Waals surface area contributed by atoms with Crippen molar-refractivity contribution in [2.75, 3.05) is 13.2 Å². The van der Waals surface area contributed by atoms with Gasteiger partial charge in [0.2, 0.25) is 0 Å². The average Bonchev–Trinajstić information content (AvgIpc) is 2.68. The van der Waals surface area contributed by atoms with E-state index in [1.54, 1.807) is 0 Å². The summed E-state index contributed by atoms with van der Waals surface area (Å²) in [6.45, 7) is 0.146. The van der Waals surface area contributed by atoms with Crippen LogP contribution < -0.4 is 0 Å². The smallest absolute Gasteiger partial charge is 0.305 e. The summed E-state index contributed by atoms with van der Waals surface area (Å²) in [4.78, 5) is 43.9. The zero-order chi connectivity index (χ0) is 22.5. The molecule has 0 heterocycles. The summed E-state index contributed by atoms with van der Waals surface area (Å²) in [5, 5.41) is 17.1. The van der Waals surface area contributed by atoms with Gasteiger partial charge in [0.1, 0.15) is 13.2 Å². The Morgan fingerprint density at radius 1 is 0.433 bits per heavy atom. The second kappa shape index (κ2) is 20.2. The van der Waals surface area contributed by atoms with Gasteiger partial charge < -0.3 is 19.7 Å². The van der Waals surface area contributed by atoms with Crippen LogP contribution in [-0.2, 0) is 28.7 Å². The quantitative estimate of drug-likeness (QED) is 0.201. The van der Waals surface area contributed by atoms with Gasteiger partial charge >= 0.3 is 23.9 Å². The van der Waals surface area contributed by atoms with Crippen molar-refractivity contribution in [1.29, 1.82) is 0 Å². The molecule has 0 saturated carbocycles. The number of carbonyl (C=O) groups is 4. The summed E-state index contributed by atoms with van der Waals surface area (Å²) < 4.78 is 10.1. The van der Waals surface area contributed by atoms with Crippen molar-refractivity contribution < 1.29 is 38.9 Å². The largest absolute Gasteiger partial charge is 0.481 e. The van der Waals surface area contributed by atoms with Gasteiger partial charge in [0.15, 0.2) is 0 Å². The maximum absolute atomic E-state index is 11.6. The zero-order valence-electron chi connectivity index (χ0n) is 18.1. The van der Waals surface area contributed by atoms with Crippen molar-refractivity contribution in [3.8, 4) is 0 Å². The van der Waals surface area contributed by atoms with Crippen LogP contribution in [0.3, 0.4) is 0 Å².